The highest BCUT2D eigenvalue weighted by Gasteiger charge is 2.16. The summed E-state index contributed by atoms with van der Waals surface area (Å²) in [6.45, 7) is 1.97. The minimum absolute atomic E-state index is 0.191. The quantitative estimate of drug-likeness (QED) is 0.508. The van der Waals surface area contributed by atoms with Gasteiger partial charge in [-0.05, 0) is 53.4 Å². The molecule has 0 saturated carbocycles. The van der Waals surface area contributed by atoms with Gasteiger partial charge in [0.05, 0.1) is 15.6 Å². The molecule has 0 saturated heterocycles. The minimum atomic E-state index is -3.71. The van der Waals surface area contributed by atoms with Crippen LogP contribution in [0.4, 0.5) is 5.69 Å². The molecule has 6 heteroatoms. The molecule has 3 aromatic carbocycles. The monoisotopic (exact) mass is 449 g/mol. The molecule has 0 spiro atoms. The van der Waals surface area contributed by atoms with Crippen LogP contribution in [0.3, 0.4) is 0 Å². The van der Waals surface area contributed by atoms with Crippen LogP contribution in [-0.4, -0.2) is 8.42 Å². The second-order valence-electron chi connectivity index (χ2n) is 5.77. The number of sulfonamides is 1. The van der Waals surface area contributed by atoms with Crippen molar-refractivity contribution in [1.29, 1.82) is 0 Å². The predicted molar refractivity (Wildman–Crippen MR) is 111 cm³/mol. The number of hydrogen-bond acceptors (Lipinski definition) is 2. The standard InChI is InChI=1S/C20H17BrClNO2S/c1-2-14-4-3-5-19(20(14)22)23-26(24,25)18-12-8-16(9-13-18)15-6-10-17(21)11-7-15/h3-13,23H,2H2,1H3. The van der Waals surface area contributed by atoms with Crippen molar-refractivity contribution in [2.45, 2.75) is 18.2 Å². The van der Waals surface area contributed by atoms with Crippen LogP contribution in [0.2, 0.25) is 5.02 Å². The highest BCUT2D eigenvalue weighted by Crippen LogP contribution is 2.29. The number of benzene rings is 3. The molecule has 0 aliphatic carbocycles. The van der Waals surface area contributed by atoms with Gasteiger partial charge in [0.15, 0.2) is 0 Å². The summed E-state index contributed by atoms with van der Waals surface area (Å²) in [5, 5.41) is 0.435. The normalized spacial score (nSPS) is 11.3. The van der Waals surface area contributed by atoms with E-state index in [1.54, 1.807) is 36.4 Å². The van der Waals surface area contributed by atoms with Gasteiger partial charge in [0.25, 0.3) is 10.0 Å². The molecule has 26 heavy (non-hydrogen) atoms. The van der Waals surface area contributed by atoms with Gasteiger partial charge in [0, 0.05) is 4.47 Å². The average Bonchev–Trinajstić information content (AvgIpc) is 2.64. The highest BCUT2D eigenvalue weighted by molar-refractivity contribution is 9.10. The van der Waals surface area contributed by atoms with Crippen molar-refractivity contribution >= 4 is 43.2 Å². The Kier molecular flexibility index (Phi) is 5.70. The van der Waals surface area contributed by atoms with Crippen LogP contribution in [0.5, 0.6) is 0 Å². The summed E-state index contributed by atoms with van der Waals surface area (Å²) in [7, 11) is -3.71. The molecule has 0 amide bonds. The van der Waals surface area contributed by atoms with Crippen LogP contribution in [-0.2, 0) is 16.4 Å². The van der Waals surface area contributed by atoms with E-state index in [4.69, 9.17) is 11.6 Å². The second kappa shape index (κ2) is 7.82. The van der Waals surface area contributed by atoms with Gasteiger partial charge in [-0.25, -0.2) is 8.42 Å². The number of anilines is 1. The molecule has 1 N–H and O–H groups in total. The van der Waals surface area contributed by atoms with E-state index < -0.39 is 10.0 Å². The molecule has 3 rings (SSSR count). The van der Waals surface area contributed by atoms with Crippen LogP contribution >= 0.6 is 27.5 Å². The molecule has 0 bridgehead atoms. The van der Waals surface area contributed by atoms with E-state index in [-0.39, 0.29) is 4.90 Å². The summed E-state index contributed by atoms with van der Waals surface area (Å²) in [4.78, 5) is 0.191. The molecule has 0 radical (unpaired) electrons. The van der Waals surface area contributed by atoms with Crippen LogP contribution in [0.25, 0.3) is 11.1 Å². The average molecular weight is 451 g/mol. The molecule has 0 aliphatic rings. The summed E-state index contributed by atoms with van der Waals surface area (Å²) >= 11 is 9.69. The lowest BCUT2D eigenvalue weighted by atomic mass is 10.1. The van der Waals surface area contributed by atoms with Gasteiger partial charge in [0.2, 0.25) is 0 Å². The number of aryl methyl sites for hydroxylation is 1. The molecule has 0 heterocycles. The summed E-state index contributed by atoms with van der Waals surface area (Å²) < 4.78 is 28.9. The zero-order valence-corrected chi connectivity index (χ0v) is 17.2. The second-order valence-corrected chi connectivity index (χ2v) is 8.75. The highest BCUT2D eigenvalue weighted by atomic mass is 79.9. The van der Waals surface area contributed by atoms with E-state index in [0.29, 0.717) is 10.7 Å². The van der Waals surface area contributed by atoms with Crippen LogP contribution in [0, 0.1) is 0 Å². The van der Waals surface area contributed by atoms with Crippen molar-refractivity contribution in [3.8, 4) is 11.1 Å². The molecule has 0 unspecified atom stereocenters. The first-order valence-electron chi connectivity index (χ1n) is 8.07. The smallest absolute Gasteiger partial charge is 0.261 e. The van der Waals surface area contributed by atoms with Gasteiger partial charge in [-0.1, -0.05) is 70.9 Å². The van der Waals surface area contributed by atoms with Crippen molar-refractivity contribution in [3.63, 3.8) is 0 Å². The van der Waals surface area contributed by atoms with E-state index in [1.165, 1.54) is 0 Å². The first kappa shape index (κ1) is 19.0. The topological polar surface area (TPSA) is 46.2 Å². The molecule has 0 aromatic heterocycles. The Labute approximate surface area is 167 Å². The molecule has 134 valence electrons. The number of hydrogen-bond donors (Lipinski definition) is 1. The van der Waals surface area contributed by atoms with Gasteiger partial charge < -0.3 is 0 Å². The summed E-state index contributed by atoms with van der Waals surface area (Å²) in [6.07, 6.45) is 0.732. The Bertz CT molecular complexity index is 1020. The minimum Gasteiger partial charge on any atom is -0.278 e. The van der Waals surface area contributed by atoms with Crippen molar-refractivity contribution in [2.24, 2.45) is 0 Å². The zero-order chi connectivity index (χ0) is 18.7. The molecule has 3 nitrogen and oxygen atoms in total. The van der Waals surface area contributed by atoms with Gasteiger partial charge in [-0.3, -0.25) is 4.72 Å². The van der Waals surface area contributed by atoms with Crippen LogP contribution < -0.4 is 4.72 Å². The summed E-state index contributed by atoms with van der Waals surface area (Å²) in [6, 6.07) is 20.0. The Balaban J connectivity index is 1.87. The Morgan fingerprint density at radius 2 is 1.50 bits per heavy atom. The molecule has 0 atom stereocenters. The third-order valence-corrected chi connectivity index (χ3v) is 6.40. The summed E-state index contributed by atoms with van der Waals surface area (Å²) in [5.41, 5.74) is 3.26. The molecule has 0 aliphatic heterocycles. The molecule has 0 fully saturated rings. The maximum atomic E-state index is 12.7. The van der Waals surface area contributed by atoms with Crippen LogP contribution in [0.15, 0.2) is 76.1 Å². The molecular formula is C20H17BrClNO2S. The van der Waals surface area contributed by atoms with E-state index in [2.05, 4.69) is 20.7 Å². The molecule has 3 aromatic rings. The van der Waals surface area contributed by atoms with Crippen LogP contribution in [0.1, 0.15) is 12.5 Å². The third-order valence-electron chi connectivity index (χ3n) is 4.05. The van der Waals surface area contributed by atoms with Crippen molar-refractivity contribution < 1.29 is 8.42 Å². The van der Waals surface area contributed by atoms with Crippen molar-refractivity contribution in [3.05, 3.63) is 81.8 Å². The number of halogens is 2. The van der Waals surface area contributed by atoms with Crippen molar-refractivity contribution in [2.75, 3.05) is 4.72 Å². The van der Waals surface area contributed by atoms with Gasteiger partial charge in [0.1, 0.15) is 0 Å². The third kappa shape index (κ3) is 4.11. The van der Waals surface area contributed by atoms with Gasteiger partial charge in [-0.2, -0.15) is 0 Å². The largest absolute Gasteiger partial charge is 0.278 e. The zero-order valence-electron chi connectivity index (χ0n) is 14.0. The first-order chi connectivity index (χ1) is 12.4. The van der Waals surface area contributed by atoms with E-state index in [0.717, 1.165) is 27.6 Å². The maximum Gasteiger partial charge on any atom is 0.261 e. The van der Waals surface area contributed by atoms with E-state index in [1.807, 2.05) is 37.3 Å². The Hall–Kier alpha value is -1.82. The lowest BCUT2D eigenvalue weighted by Gasteiger charge is -2.12. The fourth-order valence-electron chi connectivity index (χ4n) is 2.60. The fraction of sp³-hybridized carbons (Fsp3) is 0.100. The molecular weight excluding hydrogens is 434 g/mol. The predicted octanol–water partition coefficient (Wildman–Crippen LogP) is 6.13. The Morgan fingerprint density at radius 3 is 2.08 bits per heavy atom. The Morgan fingerprint density at radius 1 is 0.923 bits per heavy atom. The van der Waals surface area contributed by atoms with E-state index in [9.17, 15) is 8.42 Å². The maximum absolute atomic E-state index is 12.7. The lowest BCUT2D eigenvalue weighted by Crippen LogP contribution is -2.13. The number of rotatable bonds is 5. The summed E-state index contributed by atoms with van der Waals surface area (Å²) in [5.74, 6) is 0. The number of nitrogens with one attached hydrogen (secondary N) is 1. The van der Waals surface area contributed by atoms with E-state index >= 15 is 0 Å². The van der Waals surface area contributed by atoms with Gasteiger partial charge in [-0.15, -0.1) is 0 Å². The van der Waals surface area contributed by atoms with Gasteiger partial charge >= 0.3 is 0 Å². The first-order valence-corrected chi connectivity index (χ1v) is 10.7. The van der Waals surface area contributed by atoms with Crippen molar-refractivity contribution in [1.82, 2.24) is 0 Å². The lowest BCUT2D eigenvalue weighted by molar-refractivity contribution is 0.601. The SMILES string of the molecule is CCc1cccc(NS(=O)(=O)c2ccc(-c3ccc(Br)cc3)cc2)c1Cl. The fourth-order valence-corrected chi connectivity index (χ4v) is 4.30.